The predicted octanol–water partition coefficient (Wildman–Crippen LogP) is 3.41. The van der Waals surface area contributed by atoms with E-state index < -0.39 is 16.5 Å². The Morgan fingerprint density at radius 1 is 0.923 bits per heavy atom. The summed E-state index contributed by atoms with van der Waals surface area (Å²) in [6.07, 6.45) is 1.34. The summed E-state index contributed by atoms with van der Waals surface area (Å²) in [5.41, 5.74) is 0. The predicted molar refractivity (Wildman–Crippen MR) is 69.4 cm³/mol. The van der Waals surface area contributed by atoms with Gasteiger partial charge in [0.05, 0.1) is 0 Å². The van der Waals surface area contributed by atoms with E-state index in [4.69, 9.17) is 0 Å². The van der Waals surface area contributed by atoms with Gasteiger partial charge in [-0.2, -0.15) is 0 Å². The Balaban J connectivity index is 4.39. The SMILES string of the molecule is CCC[Si]N([Si](C)(C)C)[Si](C)(C)C. The Morgan fingerprint density at radius 2 is 1.31 bits per heavy atom. The summed E-state index contributed by atoms with van der Waals surface area (Å²) in [6, 6.07) is 1.40. The van der Waals surface area contributed by atoms with Crippen LogP contribution in [0.25, 0.3) is 0 Å². The molecule has 0 atom stereocenters. The summed E-state index contributed by atoms with van der Waals surface area (Å²) in [5.74, 6) is 0. The van der Waals surface area contributed by atoms with Crippen LogP contribution >= 0.6 is 0 Å². The van der Waals surface area contributed by atoms with Gasteiger partial charge in [-0.3, -0.25) is 0 Å². The third-order valence-electron chi connectivity index (χ3n) is 1.86. The van der Waals surface area contributed by atoms with Crippen LogP contribution in [0.3, 0.4) is 0 Å². The monoisotopic (exact) mass is 231 g/mol. The van der Waals surface area contributed by atoms with Crippen molar-refractivity contribution >= 4 is 26.2 Å². The van der Waals surface area contributed by atoms with E-state index in [2.05, 4.69) is 50.1 Å². The fraction of sp³-hybridized carbons (Fsp3) is 1.00. The van der Waals surface area contributed by atoms with Gasteiger partial charge in [0.15, 0.2) is 0 Å². The molecule has 0 aliphatic heterocycles. The van der Waals surface area contributed by atoms with E-state index in [0.29, 0.717) is 0 Å². The molecule has 0 fully saturated rings. The molecule has 0 aromatic heterocycles. The van der Waals surface area contributed by atoms with Gasteiger partial charge in [0.2, 0.25) is 0 Å². The molecule has 0 saturated carbocycles. The van der Waals surface area contributed by atoms with Gasteiger partial charge in [-0.15, -0.1) is 0 Å². The highest BCUT2D eigenvalue weighted by atomic mass is 28.5. The minimum atomic E-state index is -1.05. The molecule has 0 aromatic carbocycles. The van der Waals surface area contributed by atoms with E-state index in [1.54, 1.807) is 0 Å². The molecule has 4 heteroatoms. The van der Waals surface area contributed by atoms with Gasteiger partial charge in [0.1, 0.15) is 26.2 Å². The molecule has 0 unspecified atom stereocenters. The maximum absolute atomic E-state index is 2.89. The maximum atomic E-state index is 2.89. The van der Waals surface area contributed by atoms with E-state index in [1.807, 2.05) is 0 Å². The zero-order chi connectivity index (χ0) is 10.7. The smallest absolute Gasteiger partial charge is 0.126 e. The lowest BCUT2D eigenvalue weighted by atomic mass is 10.6. The van der Waals surface area contributed by atoms with Crippen molar-refractivity contribution in [3.05, 3.63) is 0 Å². The number of hydrogen-bond donors (Lipinski definition) is 0. The fourth-order valence-corrected chi connectivity index (χ4v) is 14.7. The Labute approximate surface area is 89.0 Å². The summed E-state index contributed by atoms with van der Waals surface area (Å²) < 4.78 is 2.89. The van der Waals surface area contributed by atoms with Crippen LogP contribution in [0.2, 0.25) is 45.3 Å². The van der Waals surface area contributed by atoms with Crippen LogP contribution in [0, 0.1) is 0 Å². The lowest BCUT2D eigenvalue weighted by molar-refractivity contribution is 0.918. The van der Waals surface area contributed by atoms with Crippen LogP contribution in [0.4, 0.5) is 0 Å². The second kappa shape index (κ2) is 4.91. The minimum absolute atomic E-state index is 1.05. The van der Waals surface area contributed by atoms with Crippen molar-refractivity contribution in [1.82, 2.24) is 3.90 Å². The van der Waals surface area contributed by atoms with Gasteiger partial charge in [-0.1, -0.05) is 52.6 Å². The number of nitrogens with zero attached hydrogens (tertiary/aromatic N) is 1. The Kier molecular flexibility index (Phi) is 5.14. The van der Waals surface area contributed by atoms with Gasteiger partial charge in [0, 0.05) is 0 Å². The van der Waals surface area contributed by atoms with Crippen molar-refractivity contribution in [2.45, 2.75) is 58.7 Å². The number of hydrogen-bond acceptors (Lipinski definition) is 1. The van der Waals surface area contributed by atoms with Crippen LogP contribution < -0.4 is 0 Å². The highest BCUT2D eigenvalue weighted by Crippen LogP contribution is 2.19. The average Bonchev–Trinajstić information content (AvgIpc) is 1.81. The fourth-order valence-electron chi connectivity index (χ4n) is 1.70. The largest absolute Gasteiger partial charge is 0.371 e. The summed E-state index contributed by atoms with van der Waals surface area (Å²) in [7, 11) is -1.02. The lowest BCUT2D eigenvalue weighted by Gasteiger charge is -2.43. The lowest BCUT2D eigenvalue weighted by Crippen LogP contribution is -2.60. The molecule has 0 rings (SSSR count). The molecular weight excluding hydrogens is 206 g/mol. The Morgan fingerprint density at radius 3 is 1.54 bits per heavy atom. The standard InChI is InChI=1S/C9H25NSi3/c1-8-9-11-10(12(2,3)4)13(5,6)7/h8-9H2,1-7H3. The molecule has 1 nitrogen and oxygen atoms in total. The van der Waals surface area contributed by atoms with Crippen molar-refractivity contribution in [2.24, 2.45) is 0 Å². The van der Waals surface area contributed by atoms with Crippen LogP contribution in [0.5, 0.6) is 0 Å². The highest BCUT2D eigenvalue weighted by molar-refractivity contribution is 6.96. The van der Waals surface area contributed by atoms with E-state index in [-0.39, 0.29) is 0 Å². The second-order valence-electron chi connectivity index (χ2n) is 5.59. The van der Waals surface area contributed by atoms with E-state index in [1.165, 1.54) is 12.5 Å². The molecule has 0 heterocycles. The first kappa shape index (κ1) is 13.6. The molecule has 0 amide bonds. The van der Waals surface area contributed by atoms with Crippen LogP contribution in [-0.4, -0.2) is 30.0 Å². The first-order valence-corrected chi connectivity index (χ1v) is 13.3. The first-order chi connectivity index (χ1) is 5.69. The molecule has 78 valence electrons. The zero-order valence-electron chi connectivity index (χ0n) is 10.4. The molecule has 13 heavy (non-hydrogen) atoms. The van der Waals surface area contributed by atoms with Gasteiger partial charge >= 0.3 is 0 Å². The van der Waals surface area contributed by atoms with Gasteiger partial charge < -0.3 is 3.90 Å². The van der Waals surface area contributed by atoms with E-state index in [0.717, 1.165) is 9.68 Å². The quantitative estimate of drug-likeness (QED) is 0.656. The normalized spacial score (nSPS) is 13.8. The molecule has 0 aromatic rings. The zero-order valence-corrected chi connectivity index (χ0v) is 13.4. The average molecular weight is 232 g/mol. The van der Waals surface area contributed by atoms with Crippen molar-refractivity contribution in [1.29, 1.82) is 0 Å². The van der Waals surface area contributed by atoms with Crippen molar-refractivity contribution in [3.63, 3.8) is 0 Å². The van der Waals surface area contributed by atoms with E-state index in [9.17, 15) is 0 Å². The molecular formula is C9H25NSi3. The van der Waals surface area contributed by atoms with E-state index >= 15 is 0 Å². The van der Waals surface area contributed by atoms with Crippen molar-refractivity contribution in [2.75, 3.05) is 0 Å². The molecule has 0 aliphatic carbocycles. The molecule has 2 radical (unpaired) electrons. The summed E-state index contributed by atoms with van der Waals surface area (Å²) >= 11 is 0. The number of rotatable bonds is 5. The van der Waals surface area contributed by atoms with Gasteiger partial charge in [-0.25, -0.2) is 0 Å². The molecule has 0 N–H and O–H groups in total. The molecule has 0 spiro atoms. The van der Waals surface area contributed by atoms with Gasteiger partial charge in [-0.05, 0) is 6.04 Å². The van der Waals surface area contributed by atoms with Crippen LogP contribution in [0.1, 0.15) is 13.3 Å². The van der Waals surface area contributed by atoms with Gasteiger partial charge in [0.25, 0.3) is 0 Å². The Hall–Kier alpha value is 0.611. The maximum Gasteiger partial charge on any atom is 0.126 e. The first-order valence-electron chi connectivity index (χ1n) is 5.23. The third kappa shape index (κ3) is 5.15. The minimum Gasteiger partial charge on any atom is -0.371 e. The Bertz CT molecular complexity index is 132. The summed E-state index contributed by atoms with van der Waals surface area (Å²) in [6.45, 7) is 17.2. The summed E-state index contributed by atoms with van der Waals surface area (Å²) in [4.78, 5) is 0. The second-order valence-corrected chi connectivity index (χ2v) is 17.8. The topological polar surface area (TPSA) is 3.24 Å². The van der Waals surface area contributed by atoms with Crippen molar-refractivity contribution < 1.29 is 0 Å². The van der Waals surface area contributed by atoms with Crippen molar-refractivity contribution in [3.8, 4) is 0 Å². The molecule has 0 aliphatic rings. The molecule has 0 bridgehead atoms. The third-order valence-corrected chi connectivity index (χ3v) is 14.6. The highest BCUT2D eigenvalue weighted by Gasteiger charge is 2.33. The van der Waals surface area contributed by atoms with Crippen LogP contribution in [-0.2, 0) is 0 Å². The molecule has 0 saturated heterocycles. The summed E-state index contributed by atoms with van der Waals surface area (Å²) in [5, 5.41) is 0. The van der Waals surface area contributed by atoms with Crippen LogP contribution in [0.15, 0.2) is 0 Å².